The van der Waals surface area contributed by atoms with Gasteiger partial charge in [-0.15, -0.1) is 0 Å². The molecule has 0 aliphatic heterocycles. The molecule has 72 valence electrons. The molecule has 0 aromatic carbocycles. The number of nitrogens with one attached hydrogen (secondary N) is 1. The van der Waals surface area contributed by atoms with Crippen molar-refractivity contribution in [2.45, 2.75) is 32.7 Å². The highest BCUT2D eigenvalue weighted by Gasteiger charge is 2.05. The SMILES string of the molecule is CCNC(CC)Cc1ccncn1. The third kappa shape index (κ3) is 3.51. The van der Waals surface area contributed by atoms with E-state index in [9.17, 15) is 0 Å². The molecule has 0 aliphatic rings. The Hall–Kier alpha value is -0.960. The Morgan fingerprint density at radius 1 is 1.46 bits per heavy atom. The molecule has 0 aliphatic carbocycles. The topological polar surface area (TPSA) is 37.8 Å². The van der Waals surface area contributed by atoms with Gasteiger partial charge in [0.05, 0.1) is 0 Å². The summed E-state index contributed by atoms with van der Waals surface area (Å²) in [5, 5.41) is 3.42. The maximum atomic E-state index is 4.20. The van der Waals surface area contributed by atoms with Crippen LogP contribution in [0.2, 0.25) is 0 Å². The lowest BCUT2D eigenvalue weighted by Gasteiger charge is -2.14. The molecule has 0 saturated heterocycles. The zero-order valence-electron chi connectivity index (χ0n) is 8.33. The van der Waals surface area contributed by atoms with Crippen molar-refractivity contribution in [3.63, 3.8) is 0 Å². The van der Waals surface area contributed by atoms with Crippen molar-refractivity contribution in [1.29, 1.82) is 0 Å². The summed E-state index contributed by atoms with van der Waals surface area (Å²) in [4.78, 5) is 8.09. The first-order chi connectivity index (χ1) is 6.36. The monoisotopic (exact) mass is 179 g/mol. The van der Waals surface area contributed by atoms with Crippen LogP contribution in [0.5, 0.6) is 0 Å². The van der Waals surface area contributed by atoms with Gasteiger partial charge in [-0.1, -0.05) is 13.8 Å². The first-order valence-electron chi connectivity index (χ1n) is 4.85. The minimum Gasteiger partial charge on any atom is -0.314 e. The third-order valence-electron chi connectivity index (χ3n) is 2.08. The van der Waals surface area contributed by atoms with Gasteiger partial charge in [0.1, 0.15) is 6.33 Å². The summed E-state index contributed by atoms with van der Waals surface area (Å²) in [6, 6.07) is 2.51. The normalized spacial score (nSPS) is 12.8. The molecule has 1 aromatic heterocycles. The third-order valence-corrected chi connectivity index (χ3v) is 2.08. The van der Waals surface area contributed by atoms with Gasteiger partial charge in [-0.2, -0.15) is 0 Å². The van der Waals surface area contributed by atoms with Gasteiger partial charge in [-0.25, -0.2) is 9.97 Å². The van der Waals surface area contributed by atoms with Crippen LogP contribution in [0, 0.1) is 0 Å². The summed E-state index contributed by atoms with van der Waals surface area (Å²) < 4.78 is 0. The number of hydrogen-bond acceptors (Lipinski definition) is 3. The maximum absolute atomic E-state index is 4.20. The lowest BCUT2D eigenvalue weighted by Crippen LogP contribution is -2.30. The zero-order chi connectivity index (χ0) is 9.52. The second-order valence-corrected chi connectivity index (χ2v) is 3.07. The van der Waals surface area contributed by atoms with E-state index in [1.165, 1.54) is 0 Å². The first kappa shape index (κ1) is 10.1. The van der Waals surface area contributed by atoms with Crippen LogP contribution in [0.25, 0.3) is 0 Å². The molecule has 3 nitrogen and oxygen atoms in total. The summed E-state index contributed by atoms with van der Waals surface area (Å²) in [5.41, 5.74) is 1.11. The Morgan fingerprint density at radius 3 is 2.85 bits per heavy atom. The fourth-order valence-electron chi connectivity index (χ4n) is 1.34. The standard InChI is InChI=1S/C10H17N3/c1-3-9(12-4-2)7-10-5-6-11-8-13-10/h5-6,8-9,12H,3-4,7H2,1-2H3. The molecule has 0 spiro atoms. The van der Waals surface area contributed by atoms with Crippen LogP contribution < -0.4 is 5.32 Å². The molecule has 1 N–H and O–H groups in total. The minimum atomic E-state index is 0.542. The number of rotatable bonds is 5. The number of nitrogens with zero attached hydrogens (tertiary/aromatic N) is 2. The van der Waals surface area contributed by atoms with E-state index >= 15 is 0 Å². The molecule has 1 heterocycles. The van der Waals surface area contributed by atoms with E-state index in [1.54, 1.807) is 12.5 Å². The second kappa shape index (κ2) is 5.65. The summed E-state index contributed by atoms with van der Waals surface area (Å²) in [7, 11) is 0. The molecule has 0 radical (unpaired) electrons. The summed E-state index contributed by atoms with van der Waals surface area (Å²) in [6.45, 7) is 5.33. The van der Waals surface area contributed by atoms with Crippen molar-refractivity contribution in [2.75, 3.05) is 6.54 Å². The molecule has 1 aromatic rings. The Morgan fingerprint density at radius 2 is 2.31 bits per heavy atom. The van der Waals surface area contributed by atoms with E-state index in [-0.39, 0.29) is 0 Å². The Balaban J connectivity index is 2.46. The summed E-state index contributed by atoms with van der Waals surface area (Å²) >= 11 is 0. The van der Waals surface area contributed by atoms with Crippen LogP contribution in [-0.4, -0.2) is 22.6 Å². The number of hydrogen-bond donors (Lipinski definition) is 1. The van der Waals surface area contributed by atoms with Gasteiger partial charge in [-0.05, 0) is 19.0 Å². The van der Waals surface area contributed by atoms with Crippen molar-refractivity contribution in [3.8, 4) is 0 Å². The Labute approximate surface area is 79.6 Å². The average Bonchev–Trinajstić information content (AvgIpc) is 2.19. The molecule has 1 rings (SSSR count). The van der Waals surface area contributed by atoms with Crippen molar-refractivity contribution >= 4 is 0 Å². The van der Waals surface area contributed by atoms with Gasteiger partial charge in [0.25, 0.3) is 0 Å². The maximum Gasteiger partial charge on any atom is 0.115 e. The van der Waals surface area contributed by atoms with E-state index in [4.69, 9.17) is 0 Å². The second-order valence-electron chi connectivity index (χ2n) is 3.07. The Kier molecular flexibility index (Phi) is 4.40. The number of aromatic nitrogens is 2. The molecule has 0 bridgehead atoms. The van der Waals surface area contributed by atoms with Crippen LogP contribution in [0.4, 0.5) is 0 Å². The highest BCUT2D eigenvalue weighted by atomic mass is 14.9. The van der Waals surface area contributed by atoms with Gasteiger partial charge in [-0.3, -0.25) is 0 Å². The molecule has 1 atom stereocenters. The van der Waals surface area contributed by atoms with Crippen molar-refractivity contribution in [3.05, 3.63) is 24.3 Å². The largest absolute Gasteiger partial charge is 0.314 e. The van der Waals surface area contributed by atoms with Crippen LogP contribution in [0.15, 0.2) is 18.6 Å². The fraction of sp³-hybridized carbons (Fsp3) is 0.600. The van der Waals surface area contributed by atoms with E-state index in [1.807, 2.05) is 6.07 Å². The highest BCUT2D eigenvalue weighted by molar-refractivity contribution is 5.00. The molecular formula is C10H17N3. The number of likely N-dealkylation sites (N-methyl/N-ethyl adjacent to an activating group) is 1. The molecule has 0 amide bonds. The highest BCUT2D eigenvalue weighted by Crippen LogP contribution is 2.00. The molecule has 0 fully saturated rings. The fourth-order valence-corrected chi connectivity index (χ4v) is 1.34. The van der Waals surface area contributed by atoms with Crippen molar-refractivity contribution in [1.82, 2.24) is 15.3 Å². The van der Waals surface area contributed by atoms with E-state index < -0.39 is 0 Å². The molecule has 3 heteroatoms. The summed E-state index contributed by atoms with van der Waals surface area (Å²) in [6.07, 6.45) is 5.53. The minimum absolute atomic E-state index is 0.542. The van der Waals surface area contributed by atoms with E-state index in [0.717, 1.165) is 25.1 Å². The van der Waals surface area contributed by atoms with Gasteiger partial charge in [0.15, 0.2) is 0 Å². The molecule has 13 heavy (non-hydrogen) atoms. The van der Waals surface area contributed by atoms with Gasteiger partial charge < -0.3 is 5.32 Å². The Bertz CT molecular complexity index is 223. The predicted molar refractivity (Wildman–Crippen MR) is 53.5 cm³/mol. The molecule has 1 unspecified atom stereocenters. The smallest absolute Gasteiger partial charge is 0.115 e. The van der Waals surface area contributed by atoms with Crippen LogP contribution in [0.3, 0.4) is 0 Å². The van der Waals surface area contributed by atoms with Crippen molar-refractivity contribution in [2.24, 2.45) is 0 Å². The van der Waals surface area contributed by atoms with Crippen LogP contribution in [0.1, 0.15) is 26.0 Å². The molecular weight excluding hydrogens is 162 g/mol. The van der Waals surface area contributed by atoms with E-state index in [2.05, 4.69) is 29.1 Å². The first-order valence-corrected chi connectivity index (χ1v) is 4.85. The molecule has 0 saturated carbocycles. The van der Waals surface area contributed by atoms with Crippen LogP contribution >= 0.6 is 0 Å². The average molecular weight is 179 g/mol. The zero-order valence-corrected chi connectivity index (χ0v) is 8.33. The van der Waals surface area contributed by atoms with Crippen LogP contribution in [-0.2, 0) is 6.42 Å². The van der Waals surface area contributed by atoms with Gasteiger partial charge in [0.2, 0.25) is 0 Å². The summed E-state index contributed by atoms with van der Waals surface area (Å²) in [5.74, 6) is 0. The van der Waals surface area contributed by atoms with Gasteiger partial charge >= 0.3 is 0 Å². The quantitative estimate of drug-likeness (QED) is 0.742. The van der Waals surface area contributed by atoms with E-state index in [0.29, 0.717) is 6.04 Å². The predicted octanol–water partition coefficient (Wildman–Crippen LogP) is 1.41. The van der Waals surface area contributed by atoms with Crippen molar-refractivity contribution < 1.29 is 0 Å². The lowest BCUT2D eigenvalue weighted by atomic mass is 10.1. The van der Waals surface area contributed by atoms with Gasteiger partial charge in [0, 0.05) is 24.4 Å². The lowest BCUT2D eigenvalue weighted by molar-refractivity contribution is 0.505.